The van der Waals surface area contributed by atoms with Crippen molar-refractivity contribution in [2.45, 2.75) is 35.5 Å². The summed E-state index contributed by atoms with van der Waals surface area (Å²) < 4.78 is 0. The summed E-state index contributed by atoms with van der Waals surface area (Å²) in [6.45, 7) is 4.76. The molecule has 19 aromatic rings. The molecule has 0 saturated heterocycles. The summed E-state index contributed by atoms with van der Waals surface area (Å²) in [6, 6.07) is 166. The first-order chi connectivity index (χ1) is 59.3. The molecular weight excluding hydrogens is 1450 g/mol. The second kappa shape index (κ2) is 25.8. The molecule has 2 heteroatoms. The Bertz CT molecular complexity index is 7390. The van der Waals surface area contributed by atoms with Crippen molar-refractivity contribution in [3.8, 4) is 100 Å². The third kappa shape index (κ3) is 9.39. The molecule has 0 saturated carbocycles. The van der Waals surface area contributed by atoms with E-state index in [-0.39, 0.29) is 5.41 Å². The molecule has 2 nitrogen and oxygen atoms in total. The second-order valence-corrected chi connectivity index (χ2v) is 34.0. The van der Waals surface area contributed by atoms with Crippen LogP contribution in [0.2, 0.25) is 0 Å². The van der Waals surface area contributed by atoms with Crippen molar-refractivity contribution in [2.24, 2.45) is 0 Å². The van der Waals surface area contributed by atoms with Crippen LogP contribution in [0.4, 0.5) is 34.1 Å². The van der Waals surface area contributed by atoms with Crippen molar-refractivity contribution in [1.82, 2.24) is 0 Å². The van der Waals surface area contributed by atoms with E-state index >= 15 is 0 Å². The van der Waals surface area contributed by atoms with Gasteiger partial charge in [0.25, 0.3) is 0 Å². The van der Waals surface area contributed by atoms with Crippen LogP contribution in [0.15, 0.2) is 437 Å². The summed E-state index contributed by atoms with van der Waals surface area (Å²) in [7, 11) is 0. The normalized spacial score (nSPS) is 15.2. The van der Waals surface area contributed by atoms with Crippen molar-refractivity contribution >= 4 is 44.9 Å². The van der Waals surface area contributed by atoms with E-state index in [0.29, 0.717) is 0 Å². The molecule has 0 amide bonds. The van der Waals surface area contributed by atoms with E-state index in [4.69, 9.17) is 0 Å². The first kappa shape index (κ1) is 68.3. The fraction of sp³-hybridized carbons (Fsp3) is 0.0508. The smallest absolute Gasteiger partial charge is 0.0726 e. The van der Waals surface area contributed by atoms with Crippen LogP contribution >= 0.6 is 0 Å². The van der Waals surface area contributed by atoms with Crippen molar-refractivity contribution in [2.75, 3.05) is 9.80 Å². The largest absolute Gasteiger partial charge is 0.310 e. The molecule has 0 aliphatic heterocycles. The molecule has 0 N–H and O–H groups in total. The van der Waals surface area contributed by atoms with Gasteiger partial charge in [-0.15, -0.1) is 0 Å². The molecule has 0 aromatic heterocycles. The molecule has 120 heavy (non-hydrogen) atoms. The lowest BCUT2D eigenvalue weighted by Gasteiger charge is -2.35. The molecule has 0 bridgehead atoms. The maximum Gasteiger partial charge on any atom is 0.0726 e. The Morgan fingerprint density at radius 1 is 0.167 bits per heavy atom. The standard InChI is InChI=1S/C118H78N2/c1-115(2)102-44-16-8-36-90(102)98-66-62-87(73-111(98)115)119(85-60-55-76(56-61-85)81-57-65-99-95-41-13-22-50-108(95)117(112(99)71-81)104-46-18-9-37-91(104)92-38-10-19-47-105(92)117)84-58-53-75(54-59-84)78-29-24-30-79(69-78)80-31-25-34-83(70-80)116(82-32-4-3-5-33-82)103-45-17-15-43-97(103)101-72-86(64-68-110(101)116)120(114-52-26-28-77-27-6-7-35-89(77)114)88-63-67-100-96-42-14-23-51-109(96)118(113(100)74-88)106-48-20-11-39-93(106)94-40-12-21-49-107(94)118/h3-74H,1-2H3. The van der Waals surface area contributed by atoms with Gasteiger partial charge in [0.2, 0.25) is 0 Å². The Kier molecular flexibility index (Phi) is 14.7. The number of fused-ring (bicyclic) bond motifs is 27. The van der Waals surface area contributed by atoms with Gasteiger partial charge in [0.1, 0.15) is 0 Å². The Morgan fingerprint density at radius 3 is 1.03 bits per heavy atom. The van der Waals surface area contributed by atoms with E-state index in [0.717, 1.165) is 56.4 Å². The lowest BCUT2D eigenvalue weighted by atomic mass is 9.67. The molecule has 0 fully saturated rings. The number of anilines is 6. The van der Waals surface area contributed by atoms with Gasteiger partial charge in [-0.1, -0.05) is 366 Å². The predicted octanol–water partition coefficient (Wildman–Crippen LogP) is 30.1. The van der Waals surface area contributed by atoms with Crippen LogP contribution in [-0.2, 0) is 21.7 Å². The van der Waals surface area contributed by atoms with Crippen LogP contribution in [0.1, 0.15) is 91.7 Å². The lowest BCUT2D eigenvalue weighted by Crippen LogP contribution is -2.28. The third-order valence-electron chi connectivity index (χ3n) is 28.0. The van der Waals surface area contributed by atoms with E-state index < -0.39 is 16.2 Å². The first-order valence-corrected chi connectivity index (χ1v) is 42.2. The molecule has 19 aromatic carbocycles. The number of benzene rings is 19. The maximum absolute atomic E-state index is 2.54. The van der Waals surface area contributed by atoms with E-state index in [1.54, 1.807) is 0 Å². The molecule has 6 aliphatic carbocycles. The highest BCUT2D eigenvalue weighted by atomic mass is 15.1. The molecule has 0 radical (unpaired) electrons. The zero-order chi connectivity index (χ0) is 79.2. The molecule has 25 rings (SSSR count). The topological polar surface area (TPSA) is 6.48 Å². The number of hydrogen-bond donors (Lipinski definition) is 0. The highest BCUT2D eigenvalue weighted by Gasteiger charge is 2.54. The summed E-state index contributed by atoms with van der Waals surface area (Å²) in [5, 5.41) is 2.38. The van der Waals surface area contributed by atoms with E-state index in [9.17, 15) is 0 Å². The maximum atomic E-state index is 2.54. The van der Waals surface area contributed by atoms with Crippen LogP contribution in [0.5, 0.6) is 0 Å². The predicted molar refractivity (Wildman–Crippen MR) is 497 cm³/mol. The summed E-state index contributed by atoms with van der Waals surface area (Å²) >= 11 is 0. The van der Waals surface area contributed by atoms with Crippen molar-refractivity contribution < 1.29 is 0 Å². The average molecular weight is 1520 g/mol. The molecule has 0 heterocycles. The summed E-state index contributed by atoms with van der Waals surface area (Å²) in [4.78, 5) is 4.99. The van der Waals surface area contributed by atoms with Gasteiger partial charge in [-0.2, -0.15) is 0 Å². The first-order valence-electron chi connectivity index (χ1n) is 42.2. The van der Waals surface area contributed by atoms with Gasteiger partial charge in [0.05, 0.1) is 21.9 Å². The zero-order valence-electron chi connectivity index (χ0n) is 66.5. The molecule has 1 atom stereocenters. The minimum Gasteiger partial charge on any atom is -0.310 e. The van der Waals surface area contributed by atoms with Crippen LogP contribution in [0.3, 0.4) is 0 Å². The summed E-state index contributed by atoms with van der Waals surface area (Å²) in [5.41, 5.74) is 45.7. The van der Waals surface area contributed by atoms with Gasteiger partial charge in [0.15, 0.2) is 0 Å². The quantitative estimate of drug-likeness (QED) is 0.127. The number of nitrogens with zero attached hydrogens (tertiary/aromatic N) is 2. The van der Waals surface area contributed by atoms with E-state index in [1.807, 2.05) is 0 Å². The van der Waals surface area contributed by atoms with Gasteiger partial charge < -0.3 is 9.80 Å². The third-order valence-corrected chi connectivity index (χ3v) is 28.0. The molecule has 6 aliphatic rings. The van der Waals surface area contributed by atoms with Gasteiger partial charge in [-0.25, -0.2) is 0 Å². The Balaban J connectivity index is 0.585. The lowest BCUT2D eigenvalue weighted by molar-refractivity contribution is 0.660. The van der Waals surface area contributed by atoms with Crippen LogP contribution < -0.4 is 9.80 Å². The highest BCUT2D eigenvalue weighted by Crippen LogP contribution is 2.67. The van der Waals surface area contributed by atoms with Crippen LogP contribution in [0, 0.1) is 0 Å². The van der Waals surface area contributed by atoms with Crippen molar-refractivity contribution in [3.63, 3.8) is 0 Å². The Morgan fingerprint density at radius 2 is 0.492 bits per heavy atom. The average Bonchev–Trinajstić information content (AvgIpc) is 1.50. The molecule has 2 spiro atoms. The van der Waals surface area contributed by atoms with Gasteiger partial charge in [-0.3, -0.25) is 0 Å². The van der Waals surface area contributed by atoms with Crippen molar-refractivity contribution in [3.05, 3.63) is 515 Å². The van der Waals surface area contributed by atoms with E-state index in [1.165, 1.54) is 167 Å². The monoisotopic (exact) mass is 1520 g/mol. The molecule has 1 unspecified atom stereocenters. The molecular formula is C118H78N2. The van der Waals surface area contributed by atoms with Gasteiger partial charge in [-0.05, 0) is 268 Å². The van der Waals surface area contributed by atoms with Crippen molar-refractivity contribution in [1.29, 1.82) is 0 Å². The fourth-order valence-electron chi connectivity index (χ4n) is 22.9. The number of hydrogen-bond acceptors (Lipinski definition) is 2. The Labute approximate surface area is 700 Å². The van der Waals surface area contributed by atoms with E-state index in [2.05, 4.69) is 460 Å². The van der Waals surface area contributed by atoms with Crippen LogP contribution in [0.25, 0.3) is 111 Å². The number of rotatable bonds is 11. The SMILES string of the molecule is CC1(C)c2ccccc2-c2ccc(N(c3ccc(-c4cccc(-c5cccc(C6(c7ccccc7)c7ccccc7-c7cc(N(c8ccc9c(c8)C8(c%10ccccc%10-c%10ccccc%108)c8ccccc8-9)c8cccc9ccccc89)ccc76)c5)c4)cc3)c3ccc(-c4ccc5c(c4)C4(c6ccccc6-c6ccccc64)c4ccccc4-5)cc3)cc21. The van der Waals surface area contributed by atoms with Gasteiger partial charge >= 0.3 is 0 Å². The second-order valence-electron chi connectivity index (χ2n) is 34.0. The summed E-state index contributed by atoms with van der Waals surface area (Å²) in [6.07, 6.45) is 0. The minimum absolute atomic E-state index is 0.181. The zero-order valence-corrected chi connectivity index (χ0v) is 66.5. The molecule has 560 valence electrons. The summed E-state index contributed by atoms with van der Waals surface area (Å²) in [5.74, 6) is 0. The fourth-order valence-corrected chi connectivity index (χ4v) is 22.9. The Hall–Kier alpha value is -15.0. The highest BCUT2D eigenvalue weighted by molar-refractivity contribution is 6.03. The van der Waals surface area contributed by atoms with Gasteiger partial charge in [0, 0.05) is 39.2 Å². The minimum atomic E-state index is -0.673. The van der Waals surface area contributed by atoms with Crippen LogP contribution in [-0.4, -0.2) is 0 Å².